The lowest BCUT2D eigenvalue weighted by atomic mass is 9.99. The molecule has 1 amide bonds. The molecule has 0 aliphatic rings. The third-order valence-electron chi connectivity index (χ3n) is 4.69. The Hall–Kier alpha value is -3.87. The number of halogens is 2. The van der Waals surface area contributed by atoms with E-state index in [2.05, 4.69) is 5.32 Å². The number of hydrogen-bond acceptors (Lipinski definition) is 3. The molecule has 5 nitrogen and oxygen atoms in total. The maximum Gasteiger partial charge on any atom is 0.326 e. The van der Waals surface area contributed by atoms with E-state index in [-0.39, 0.29) is 17.8 Å². The summed E-state index contributed by atoms with van der Waals surface area (Å²) in [4.78, 5) is 36.2. The zero-order valence-electron chi connectivity index (χ0n) is 16.3. The molecule has 7 heteroatoms. The SMILES string of the molecule is O=C(Cc1ccc(F)cc1F)N[C@H](Cc1ccc(C(=O)c2ccccc2)cc1)C(=O)O. The number of hydrogen-bond donors (Lipinski definition) is 2. The maximum atomic E-state index is 13.7. The van der Waals surface area contributed by atoms with Gasteiger partial charge in [0.1, 0.15) is 17.7 Å². The highest BCUT2D eigenvalue weighted by Crippen LogP contribution is 2.13. The number of amides is 1. The minimum atomic E-state index is -1.25. The fourth-order valence-corrected chi connectivity index (χ4v) is 3.07. The Morgan fingerprint density at radius 3 is 2.13 bits per heavy atom. The number of carboxylic acid groups (broad SMARTS) is 1. The lowest BCUT2D eigenvalue weighted by Crippen LogP contribution is -2.43. The quantitative estimate of drug-likeness (QED) is 0.543. The van der Waals surface area contributed by atoms with Crippen LogP contribution in [0.4, 0.5) is 8.78 Å². The molecule has 0 saturated heterocycles. The first kappa shape index (κ1) is 21.8. The summed E-state index contributed by atoms with van der Waals surface area (Å²) < 4.78 is 26.7. The Bertz CT molecular complexity index is 1100. The summed E-state index contributed by atoms with van der Waals surface area (Å²) in [6.45, 7) is 0. The van der Waals surface area contributed by atoms with Crippen molar-refractivity contribution in [1.82, 2.24) is 5.32 Å². The fourth-order valence-electron chi connectivity index (χ4n) is 3.07. The number of carbonyl (C=O) groups excluding carboxylic acids is 2. The van der Waals surface area contributed by atoms with Crippen molar-refractivity contribution in [1.29, 1.82) is 0 Å². The standard InChI is InChI=1S/C24H19F2NO4/c25-19-11-10-18(20(26)14-19)13-22(28)27-21(24(30)31)12-15-6-8-17(9-7-15)23(29)16-4-2-1-3-5-16/h1-11,14,21H,12-13H2,(H,27,28)(H,30,31)/t21-/m1/s1. The lowest BCUT2D eigenvalue weighted by Gasteiger charge is -2.15. The van der Waals surface area contributed by atoms with E-state index in [1.807, 2.05) is 6.07 Å². The molecule has 0 heterocycles. The molecule has 0 radical (unpaired) electrons. The van der Waals surface area contributed by atoms with Crippen molar-refractivity contribution in [3.8, 4) is 0 Å². The smallest absolute Gasteiger partial charge is 0.326 e. The molecule has 3 aromatic carbocycles. The highest BCUT2D eigenvalue weighted by atomic mass is 19.1. The second-order valence-electron chi connectivity index (χ2n) is 6.97. The second kappa shape index (κ2) is 9.75. The average Bonchev–Trinajstić information content (AvgIpc) is 2.76. The Labute approximate surface area is 177 Å². The number of carboxylic acids is 1. The van der Waals surface area contributed by atoms with Gasteiger partial charge in [-0.25, -0.2) is 13.6 Å². The summed E-state index contributed by atoms with van der Waals surface area (Å²) in [6, 6.07) is 16.8. The van der Waals surface area contributed by atoms with E-state index in [9.17, 15) is 28.3 Å². The van der Waals surface area contributed by atoms with Crippen LogP contribution in [-0.2, 0) is 22.4 Å². The minimum Gasteiger partial charge on any atom is -0.480 e. The van der Waals surface area contributed by atoms with E-state index >= 15 is 0 Å². The van der Waals surface area contributed by atoms with E-state index < -0.39 is 36.0 Å². The van der Waals surface area contributed by atoms with E-state index in [4.69, 9.17) is 0 Å². The van der Waals surface area contributed by atoms with Gasteiger partial charge in [0.05, 0.1) is 6.42 Å². The topological polar surface area (TPSA) is 83.5 Å². The van der Waals surface area contributed by atoms with Crippen LogP contribution >= 0.6 is 0 Å². The van der Waals surface area contributed by atoms with E-state index in [0.717, 1.165) is 12.1 Å². The van der Waals surface area contributed by atoms with Crippen LogP contribution in [0.25, 0.3) is 0 Å². The second-order valence-corrected chi connectivity index (χ2v) is 6.97. The van der Waals surface area contributed by atoms with Gasteiger partial charge in [-0.15, -0.1) is 0 Å². The average molecular weight is 423 g/mol. The van der Waals surface area contributed by atoms with Crippen LogP contribution in [0.3, 0.4) is 0 Å². The maximum absolute atomic E-state index is 13.7. The predicted octanol–water partition coefficient (Wildman–Crippen LogP) is 3.55. The third-order valence-corrected chi connectivity index (χ3v) is 4.69. The van der Waals surface area contributed by atoms with Crippen LogP contribution in [0.15, 0.2) is 72.8 Å². The lowest BCUT2D eigenvalue weighted by molar-refractivity contribution is -0.141. The van der Waals surface area contributed by atoms with Gasteiger partial charge in [0.15, 0.2) is 5.78 Å². The number of aliphatic carboxylic acids is 1. The van der Waals surface area contributed by atoms with Gasteiger partial charge in [0, 0.05) is 23.6 Å². The van der Waals surface area contributed by atoms with E-state index in [1.165, 1.54) is 0 Å². The Kier molecular flexibility index (Phi) is 6.87. The van der Waals surface area contributed by atoms with Crippen LogP contribution in [0.1, 0.15) is 27.0 Å². The van der Waals surface area contributed by atoms with Gasteiger partial charge in [0.25, 0.3) is 0 Å². The van der Waals surface area contributed by atoms with Crippen molar-refractivity contribution in [3.63, 3.8) is 0 Å². The first-order valence-corrected chi connectivity index (χ1v) is 9.48. The summed E-state index contributed by atoms with van der Waals surface area (Å²) in [5.74, 6) is -3.75. The Morgan fingerprint density at radius 1 is 0.871 bits per heavy atom. The van der Waals surface area contributed by atoms with Crippen LogP contribution < -0.4 is 5.32 Å². The van der Waals surface area contributed by atoms with Gasteiger partial charge in [-0.05, 0) is 17.2 Å². The van der Waals surface area contributed by atoms with Crippen molar-refractivity contribution in [2.75, 3.05) is 0 Å². The summed E-state index contributed by atoms with van der Waals surface area (Å²) in [6.07, 6.45) is -0.437. The van der Waals surface area contributed by atoms with Crippen molar-refractivity contribution in [2.24, 2.45) is 0 Å². The first-order chi connectivity index (χ1) is 14.8. The molecular formula is C24H19F2NO4. The van der Waals surface area contributed by atoms with Crippen molar-refractivity contribution >= 4 is 17.7 Å². The first-order valence-electron chi connectivity index (χ1n) is 9.48. The summed E-state index contributed by atoms with van der Waals surface area (Å²) in [5.41, 5.74) is 1.56. The van der Waals surface area contributed by atoms with Crippen molar-refractivity contribution in [3.05, 3.63) is 107 Å². The van der Waals surface area contributed by atoms with Gasteiger partial charge >= 0.3 is 5.97 Å². The molecule has 0 aromatic heterocycles. The largest absolute Gasteiger partial charge is 0.480 e. The van der Waals surface area contributed by atoms with Crippen LogP contribution in [0.5, 0.6) is 0 Å². The molecule has 0 aliphatic heterocycles. The minimum absolute atomic E-state index is 0.0211. The van der Waals surface area contributed by atoms with Crippen molar-refractivity contribution in [2.45, 2.75) is 18.9 Å². The fraction of sp³-hybridized carbons (Fsp3) is 0.125. The van der Waals surface area contributed by atoms with Gasteiger partial charge in [0.2, 0.25) is 5.91 Å². The number of benzene rings is 3. The number of ketones is 1. The summed E-state index contributed by atoms with van der Waals surface area (Å²) in [7, 11) is 0. The van der Waals surface area contributed by atoms with Crippen LogP contribution in [0.2, 0.25) is 0 Å². The molecule has 3 aromatic rings. The number of nitrogens with one attached hydrogen (secondary N) is 1. The molecule has 2 N–H and O–H groups in total. The molecule has 0 unspecified atom stereocenters. The van der Waals surface area contributed by atoms with Crippen LogP contribution in [-0.4, -0.2) is 28.8 Å². The van der Waals surface area contributed by atoms with Gasteiger partial charge < -0.3 is 10.4 Å². The highest BCUT2D eigenvalue weighted by Gasteiger charge is 2.21. The van der Waals surface area contributed by atoms with E-state index in [0.29, 0.717) is 22.8 Å². The molecule has 3 rings (SSSR count). The molecule has 0 saturated carbocycles. The van der Waals surface area contributed by atoms with Gasteiger partial charge in [-0.3, -0.25) is 9.59 Å². The molecule has 0 aliphatic carbocycles. The Balaban J connectivity index is 1.65. The van der Waals surface area contributed by atoms with E-state index in [1.54, 1.807) is 48.5 Å². The van der Waals surface area contributed by atoms with Crippen molar-refractivity contribution < 1.29 is 28.3 Å². The third kappa shape index (κ3) is 5.82. The molecule has 0 spiro atoms. The predicted molar refractivity (Wildman–Crippen MR) is 110 cm³/mol. The van der Waals surface area contributed by atoms with Gasteiger partial charge in [-0.1, -0.05) is 60.7 Å². The summed E-state index contributed by atoms with van der Waals surface area (Å²) in [5, 5.41) is 11.8. The Morgan fingerprint density at radius 2 is 1.52 bits per heavy atom. The molecular weight excluding hydrogens is 404 g/mol. The number of rotatable bonds is 8. The van der Waals surface area contributed by atoms with Gasteiger partial charge in [-0.2, -0.15) is 0 Å². The van der Waals surface area contributed by atoms with Crippen LogP contribution in [0, 0.1) is 11.6 Å². The number of carbonyl (C=O) groups is 3. The zero-order chi connectivity index (χ0) is 22.4. The molecule has 0 bridgehead atoms. The molecule has 0 fully saturated rings. The zero-order valence-corrected chi connectivity index (χ0v) is 16.3. The monoisotopic (exact) mass is 423 g/mol. The molecule has 1 atom stereocenters. The summed E-state index contributed by atoms with van der Waals surface area (Å²) >= 11 is 0. The normalized spacial score (nSPS) is 11.5. The highest BCUT2D eigenvalue weighted by molar-refractivity contribution is 6.08. The molecule has 31 heavy (non-hydrogen) atoms. The molecule has 158 valence electrons.